The van der Waals surface area contributed by atoms with Gasteiger partial charge in [-0.05, 0) is 59.0 Å². The highest BCUT2D eigenvalue weighted by Gasteiger charge is 2.06. The first-order valence-electron chi connectivity index (χ1n) is 12.9. The van der Waals surface area contributed by atoms with Gasteiger partial charge in [-0.2, -0.15) is 9.59 Å². The van der Waals surface area contributed by atoms with E-state index < -0.39 is 0 Å². The number of aromatic nitrogens is 16. The largest absolute Gasteiger partial charge is 0.232 e. The number of rotatable bonds is 6. The minimum Gasteiger partial charge on any atom is -0.232 e. The van der Waals surface area contributed by atoms with Crippen LogP contribution in [0.2, 0.25) is 0 Å². The van der Waals surface area contributed by atoms with Crippen LogP contribution in [0.1, 0.15) is 116 Å². The van der Waals surface area contributed by atoms with Crippen molar-refractivity contribution in [3.05, 3.63) is 23.3 Å². The van der Waals surface area contributed by atoms with Gasteiger partial charge >= 0.3 is 0 Å². The molecule has 16 heteroatoms. The fourth-order valence-electron chi connectivity index (χ4n) is 2.72. The molecule has 4 rings (SSSR count). The third-order valence-corrected chi connectivity index (χ3v) is 4.82. The third-order valence-electron chi connectivity index (χ3n) is 4.82. The van der Waals surface area contributed by atoms with Crippen LogP contribution in [0.4, 0.5) is 0 Å². The fraction of sp³-hybridized carbons (Fsp3) is 0.818. The minimum atomic E-state index is 0.313. The number of tetrazole rings is 4. The van der Waals surface area contributed by atoms with Crippen LogP contribution in [0.3, 0.4) is 0 Å². The van der Waals surface area contributed by atoms with Gasteiger partial charge in [0, 0.05) is 31.7 Å². The van der Waals surface area contributed by atoms with Crippen LogP contribution >= 0.6 is 0 Å². The zero-order valence-corrected chi connectivity index (χ0v) is 24.9. The Hall–Kier alpha value is -3.72. The van der Waals surface area contributed by atoms with Gasteiger partial charge in [0.1, 0.15) is 0 Å². The Morgan fingerprint density at radius 1 is 0.632 bits per heavy atom. The lowest BCUT2D eigenvalue weighted by Crippen LogP contribution is -2.07. The molecule has 0 aromatic carbocycles. The van der Waals surface area contributed by atoms with E-state index in [9.17, 15) is 0 Å². The summed E-state index contributed by atoms with van der Waals surface area (Å²) in [6.45, 7) is 20.4. The average Bonchev–Trinajstić information content (AvgIpc) is 3.66. The first-order valence-corrected chi connectivity index (χ1v) is 12.9. The number of hydrogen-bond donors (Lipinski definition) is 0. The van der Waals surface area contributed by atoms with Crippen molar-refractivity contribution in [3.8, 4) is 0 Å². The lowest BCUT2D eigenvalue weighted by Gasteiger charge is -2.04. The van der Waals surface area contributed by atoms with E-state index in [0.29, 0.717) is 23.9 Å². The molecule has 0 saturated heterocycles. The summed E-state index contributed by atoms with van der Waals surface area (Å²) in [5.74, 6) is 4.28. The zero-order valence-electron chi connectivity index (χ0n) is 24.9. The van der Waals surface area contributed by atoms with Crippen molar-refractivity contribution in [3.63, 3.8) is 0 Å². The maximum Gasteiger partial charge on any atom is 0.177 e. The van der Waals surface area contributed by atoms with E-state index >= 15 is 0 Å². The molecule has 212 valence electrons. The topological polar surface area (TPSA) is 174 Å². The van der Waals surface area contributed by atoms with E-state index in [1.807, 2.05) is 53.3 Å². The Labute approximate surface area is 224 Å². The monoisotopic (exact) mass is 532 g/mol. The van der Waals surface area contributed by atoms with Crippen LogP contribution in [0.15, 0.2) is 0 Å². The summed E-state index contributed by atoms with van der Waals surface area (Å²) in [6, 6.07) is 0.678. The Morgan fingerprint density at radius 2 is 1.29 bits per heavy atom. The highest BCUT2D eigenvalue weighted by Crippen LogP contribution is 2.06. The Balaban J connectivity index is 0.000000254. The lowest BCUT2D eigenvalue weighted by atomic mass is 10.2. The van der Waals surface area contributed by atoms with Gasteiger partial charge in [-0.15, -0.1) is 30.6 Å². The van der Waals surface area contributed by atoms with Gasteiger partial charge in [-0.1, -0.05) is 41.5 Å². The van der Waals surface area contributed by atoms with Crippen LogP contribution in [0, 0.1) is 0 Å². The standard InChI is InChI=1S/2C6H12N4.2C5H10N4/c1-4-6-7-8-9-10(6)5(2)3;1-4-6-7-9-10(8-6)5(2)3;1-4(2)5-6-7-8-9(5)3;1-4(2)5-6-8-9(3)7-5/h2*5H,4H2,1-3H3;2*4H,1-3H3. The molecule has 0 bridgehead atoms. The van der Waals surface area contributed by atoms with E-state index in [1.165, 1.54) is 4.80 Å². The molecule has 4 aromatic heterocycles. The molecule has 16 nitrogen and oxygen atoms in total. The molecule has 0 N–H and O–H groups in total. The number of aryl methyl sites for hydroxylation is 4. The minimum absolute atomic E-state index is 0.313. The maximum atomic E-state index is 4.12. The second kappa shape index (κ2) is 16.2. The van der Waals surface area contributed by atoms with Crippen molar-refractivity contribution in [2.45, 2.75) is 106 Å². The van der Waals surface area contributed by atoms with Crippen LogP contribution < -0.4 is 0 Å². The van der Waals surface area contributed by atoms with Crippen molar-refractivity contribution >= 4 is 0 Å². The third kappa shape index (κ3) is 10.7. The van der Waals surface area contributed by atoms with Gasteiger partial charge in [-0.25, -0.2) is 9.36 Å². The molecule has 0 unspecified atom stereocenters. The Morgan fingerprint density at radius 3 is 1.58 bits per heavy atom. The van der Waals surface area contributed by atoms with E-state index in [-0.39, 0.29) is 0 Å². The summed E-state index contributed by atoms with van der Waals surface area (Å²) in [5, 5.41) is 45.6. The van der Waals surface area contributed by atoms with Crippen LogP contribution in [-0.2, 0) is 26.9 Å². The first kappa shape index (κ1) is 32.3. The second-order valence-electron chi connectivity index (χ2n) is 9.57. The van der Waals surface area contributed by atoms with Crippen molar-refractivity contribution in [2.24, 2.45) is 14.1 Å². The molecule has 0 amide bonds. The molecule has 0 aliphatic carbocycles. The van der Waals surface area contributed by atoms with Crippen LogP contribution in [0.5, 0.6) is 0 Å². The van der Waals surface area contributed by atoms with Gasteiger partial charge in [0.15, 0.2) is 23.3 Å². The molecule has 0 saturated carbocycles. The first-order chi connectivity index (χ1) is 17.9. The summed E-state index contributed by atoms with van der Waals surface area (Å²) < 4.78 is 3.52. The summed E-state index contributed by atoms with van der Waals surface area (Å²) in [7, 11) is 3.61. The van der Waals surface area contributed by atoms with Gasteiger partial charge in [-0.3, -0.25) is 0 Å². The molecule has 0 aliphatic heterocycles. The molecule has 0 spiro atoms. The summed E-state index contributed by atoms with van der Waals surface area (Å²) in [4.78, 5) is 3.09. The summed E-state index contributed by atoms with van der Waals surface area (Å²) >= 11 is 0. The molecule has 38 heavy (non-hydrogen) atoms. The van der Waals surface area contributed by atoms with E-state index in [2.05, 4.69) is 89.6 Å². The summed E-state index contributed by atoms with van der Waals surface area (Å²) in [5.41, 5.74) is 0. The van der Waals surface area contributed by atoms with Crippen molar-refractivity contribution < 1.29 is 0 Å². The van der Waals surface area contributed by atoms with E-state index in [1.54, 1.807) is 16.5 Å². The van der Waals surface area contributed by atoms with Gasteiger partial charge in [0.2, 0.25) is 0 Å². The molecule has 0 atom stereocenters. The lowest BCUT2D eigenvalue weighted by molar-refractivity contribution is 0.453. The van der Waals surface area contributed by atoms with Crippen LogP contribution in [-0.4, -0.2) is 80.8 Å². The highest BCUT2D eigenvalue weighted by molar-refractivity contribution is 4.86. The molecule has 0 aliphatic rings. The fourth-order valence-corrected chi connectivity index (χ4v) is 2.72. The predicted octanol–water partition coefficient (Wildman–Crippen LogP) is 2.30. The van der Waals surface area contributed by atoms with Gasteiger partial charge < -0.3 is 0 Å². The SMILES string of the molecule is CC(C)c1nnn(C)n1.CC(C)c1nnnn1C.CCc1nnn(C(C)C)n1.CCc1nnnn1C(C)C. The zero-order chi connectivity index (χ0) is 28.8. The van der Waals surface area contributed by atoms with Crippen molar-refractivity contribution in [2.75, 3.05) is 0 Å². The molecular formula is C22H44N16. The Bertz CT molecular complexity index is 1150. The summed E-state index contributed by atoms with van der Waals surface area (Å²) in [6.07, 6.45) is 1.75. The highest BCUT2D eigenvalue weighted by atomic mass is 15.6. The molecular weight excluding hydrogens is 488 g/mol. The quantitative estimate of drug-likeness (QED) is 0.355. The molecule has 4 heterocycles. The Kier molecular flexibility index (Phi) is 13.8. The average molecular weight is 533 g/mol. The molecule has 0 fully saturated rings. The van der Waals surface area contributed by atoms with Gasteiger partial charge in [0.05, 0.1) is 19.1 Å². The maximum absolute atomic E-state index is 4.12. The van der Waals surface area contributed by atoms with Crippen molar-refractivity contribution in [1.82, 2.24) is 80.8 Å². The van der Waals surface area contributed by atoms with Crippen molar-refractivity contribution in [1.29, 1.82) is 0 Å². The molecule has 4 aromatic rings. The second-order valence-corrected chi connectivity index (χ2v) is 9.57. The van der Waals surface area contributed by atoms with E-state index in [0.717, 1.165) is 36.1 Å². The molecule has 0 radical (unpaired) electrons. The number of hydrogen-bond acceptors (Lipinski definition) is 12. The van der Waals surface area contributed by atoms with Gasteiger partial charge in [0.25, 0.3) is 0 Å². The predicted molar refractivity (Wildman–Crippen MR) is 141 cm³/mol. The van der Waals surface area contributed by atoms with E-state index in [4.69, 9.17) is 0 Å². The normalized spacial score (nSPS) is 10.7. The number of nitrogens with zero attached hydrogens (tertiary/aromatic N) is 16. The smallest absolute Gasteiger partial charge is 0.177 e. The van der Waals surface area contributed by atoms with Crippen LogP contribution in [0.25, 0.3) is 0 Å².